The predicted molar refractivity (Wildman–Crippen MR) is 195 cm³/mol. The minimum absolute atomic E-state index is 0.0460. The first kappa shape index (κ1) is 43.1. The van der Waals surface area contributed by atoms with Crippen LogP contribution < -0.4 is 20.7 Å². The highest BCUT2D eigenvalue weighted by Gasteiger charge is 2.64. The number of fused-ring (bicyclic) bond motifs is 5. The molecular formula is C37H50ClN3O15. The number of carbonyl (C=O) groups is 4. The summed E-state index contributed by atoms with van der Waals surface area (Å²) >= 11 is 6.90. The molecule has 4 aliphatic heterocycles. The maximum absolute atomic E-state index is 14.9. The van der Waals surface area contributed by atoms with Gasteiger partial charge in [-0.3, -0.25) is 19.8 Å². The largest absolute Gasteiger partial charge is 0.495 e. The number of nitrogens with two attached hydrogens (primary N) is 1. The van der Waals surface area contributed by atoms with Crippen molar-refractivity contribution in [3.05, 3.63) is 46.5 Å². The molecule has 3 saturated heterocycles. The zero-order chi connectivity index (χ0) is 41.3. The molecule has 4 aliphatic rings. The Labute approximate surface area is 328 Å². The zero-order valence-corrected chi connectivity index (χ0v) is 32.6. The van der Waals surface area contributed by atoms with Crippen LogP contribution in [-0.4, -0.2) is 132 Å². The number of alkyl carbamates (subject to hydrolysis) is 1. The van der Waals surface area contributed by atoms with Gasteiger partial charge in [0.15, 0.2) is 12.0 Å². The number of nitrogens with one attached hydrogen (secondary N) is 1. The van der Waals surface area contributed by atoms with Crippen molar-refractivity contribution in [2.75, 3.05) is 25.7 Å². The van der Waals surface area contributed by atoms with Crippen LogP contribution in [0.15, 0.2) is 35.9 Å². The number of primary amides is 1. The summed E-state index contributed by atoms with van der Waals surface area (Å²) in [5.74, 6) is -2.02. The first-order chi connectivity index (χ1) is 26.4. The van der Waals surface area contributed by atoms with Crippen molar-refractivity contribution in [2.45, 2.75) is 120 Å². The Balaban J connectivity index is 1.67. The Hall–Kier alpha value is -4.01. The summed E-state index contributed by atoms with van der Waals surface area (Å²) in [6.07, 6.45) is -10.6. The number of nitrogens with zero attached hydrogens (tertiary/aromatic N) is 1. The van der Waals surface area contributed by atoms with Gasteiger partial charge in [0.25, 0.3) is 0 Å². The lowest BCUT2D eigenvalue weighted by molar-refractivity contribution is -0.228. The number of hydrogen-bond donors (Lipinski definition) is 6. The Bertz CT molecular complexity index is 1730. The van der Waals surface area contributed by atoms with Gasteiger partial charge in [-0.25, -0.2) is 9.59 Å². The van der Waals surface area contributed by atoms with E-state index in [4.69, 9.17) is 50.5 Å². The molecule has 4 heterocycles. The van der Waals surface area contributed by atoms with Crippen molar-refractivity contribution in [1.29, 1.82) is 0 Å². The molecule has 1 aromatic carbocycles. The number of rotatable bonds is 7. The average Bonchev–Trinajstić information content (AvgIpc) is 3.84. The number of aliphatic hydroxyl groups is 4. The second-order valence-corrected chi connectivity index (χ2v) is 15.0. The molecule has 19 heteroatoms. The van der Waals surface area contributed by atoms with Crippen molar-refractivity contribution in [3.8, 4) is 5.75 Å². The van der Waals surface area contributed by atoms with E-state index in [0.717, 1.165) is 10.5 Å². The molecule has 0 spiro atoms. The first-order valence-corrected chi connectivity index (χ1v) is 18.5. The number of carbonyl (C=O) groups excluding carboxylic acids is 4. The fourth-order valence-electron chi connectivity index (χ4n) is 7.47. The Morgan fingerprint density at radius 2 is 1.86 bits per heavy atom. The van der Waals surface area contributed by atoms with Gasteiger partial charge < -0.3 is 59.3 Å². The van der Waals surface area contributed by atoms with Crippen LogP contribution in [0.25, 0.3) is 0 Å². The summed E-state index contributed by atoms with van der Waals surface area (Å²) in [6, 6.07) is 3.18. The standard InChI is InChI=1S/C37H50ClN3O15/c1-7-27(43)55-25-14-26(42)41(33-31(46)30(45)29(44)23(53-33)16-52-34(39)47)20-12-19(13-21(50-5)28(20)38)11-17(2)9-8-10-24(51-6)37(49)15-22(54-35(48)40-37)18(3)32-36(25,4)56-32/h8-10,12-13,18,22-25,29-33,44-46,49H,7,11,14-16H2,1-6H3,(H2,39,47)(H,40,48). The van der Waals surface area contributed by atoms with E-state index >= 15 is 0 Å². The van der Waals surface area contributed by atoms with Gasteiger partial charge in [-0.15, -0.1) is 0 Å². The highest BCUT2D eigenvalue weighted by Crippen LogP contribution is 2.49. The van der Waals surface area contributed by atoms with Crippen LogP contribution in [0.4, 0.5) is 15.3 Å². The molecule has 56 heavy (non-hydrogen) atoms. The number of hydrogen-bond acceptors (Lipinski definition) is 15. The molecule has 0 aliphatic carbocycles. The van der Waals surface area contributed by atoms with Gasteiger partial charge >= 0.3 is 18.2 Å². The molecule has 7 N–H and O–H groups in total. The normalized spacial score (nSPS) is 36.3. The number of ether oxygens (including phenoxy) is 7. The maximum atomic E-state index is 14.9. The summed E-state index contributed by atoms with van der Waals surface area (Å²) in [5, 5.41) is 47.3. The zero-order valence-electron chi connectivity index (χ0n) is 31.9. The van der Waals surface area contributed by atoms with Crippen LogP contribution in [-0.2, 0) is 44.4 Å². The highest BCUT2D eigenvalue weighted by molar-refractivity contribution is 6.35. The SMILES string of the molecule is CCC(=O)OC1CC(=O)N(C2OC(COC(N)=O)C(O)C(O)C2O)c2cc(cc(OC)c2Cl)CC(C)=CC=CC(OC)C2(O)CC(OC(=O)N2)C(C)C2OC12C. The number of amides is 3. The fourth-order valence-corrected chi connectivity index (χ4v) is 7.74. The molecule has 12 unspecified atom stereocenters. The third kappa shape index (κ3) is 8.92. The smallest absolute Gasteiger partial charge is 0.409 e. The topological polar surface area (TPSA) is 258 Å². The lowest BCUT2D eigenvalue weighted by Gasteiger charge is -2.45. The number of esters is 1. The first-order valence-electron chi connectivity index (χ1n) is 18.1. The molecule has 0 aromatic heterocycles. The predicted octanol–water partition coefficient (Wildman–Crippen LogP) is 1.35. The second kappa shape index (κ2) is 17.2. The monoisotopic (exact) mass is 811 g/mol. The number of aliphatic hydroxyl groups excluding tert-OH is 3. The van der Waals surface area contributed by atoms with Gasteiger partial charge in [-0.05, 0) is 38.0 Å². The van der Waals surface area contributed by atoms with Crippen molar-refractivity contribution >= 4 is 41.4 Å². The summed E-state index contributed by atoms with van der Waals surface area (Å²) in [4.78, 5) is 53.1. The molecule has 4 bridgehead atoms. The minimum Gasteiger partial charge on any atom is -0.495 e. The Kier molecular flexibility index (Phi) is 13.3. The number of methoxy groups -OCH3 is 2. The molecule has 1 aromatic rings. The van der Waals surface area contributed by atoms with E-state index in [9.17, 15) is 39.6 Å². The molecule has 0 saturated carbocycles. The van der Waals surface area contributed by atoms with E-state index in [0.29, 0.717) is 5.56 Å². The van der Waals surface area contributed by atoms with Gasteiger partial charge in [-0.1, -0.05) is 49.2 Å². The summed E-state index contributed by atoms with van der Waals surface area (Å²) < 4.78 is 39.7. The van der Waals surface area contributed by atoms with Crippen molar-refractivity contribution < 1.29 is 72.8 Å². The average molecular weight is 812 g/mol. The van der Waals surface area contributed by atoms with E-state index < -0.39 is 109 Å². The van der Waals surface area contributed by atoms with Gasteiger partial charge in [-0.2, -0.15) is 0 Å². The molecule has 18 nitrogen and oxygen atoms in total. The van der Waals surface area contributed by atoms with Crippen molar-refractivity contribution in [1.82, 2.24) is 5.32 Å². The minimum atomic E-state index is -1.96. The second-order valence-electron chi connectivity index (χ2n) is 14.6. The number of benzene rings is 1. The Morgan fingerprint density at radius 1 is 1.14 bits per heavy atom. The van der Waals surface area contributed by atoms with E-state index in [1.807, 2.05) is 6.92 Å². The number of epoxide rings is 1. The molecule has 3 amide bonds. The van der Waals surface area contributed by atoms with E-state index in [1.165, 1.54) is 14.2 Å². The fraction of sp³-hybridized carbons (Fsp3) is 0.622. The molecule has 3 fully saturated rings. The summed E-state index contributed by atoms with van der Waals surface area (Å²) in [5.41, 5.74) is 3.17. The van der Waals surface area contributed by atoms with Crippen molar-refractivity contribution in [2.24, 2.45) is 11.7 Å². The molecule has 0 radical (unpaired) electrons. The number of allylic oxidation sites excluding steroid dienone is 3. The van der Waals surface area contributed by atoms with Crippen molar-refractivity contribution in [3.63, 3.8) is 0 Å². The van der Waals surface area contributed by atoms with Crippen LogP contribution in [0, 0.1) is 5.92 Å². The quantitative estimate of drug-likeness (QED) is 0.129. The third-order valence-electron chi connectivity index (χ3n) is 10.6. The third-order valence-corrected chi connectivity index (χ3v) is 11.0. The summed E-state index contributed by atoms with van der Waals surface area (Å²) in [6.45, 7) is 6.06. The van der Waals surface area contributed by atoms with Crippen LogP contribution >= 0.6 is 11.6 Å². The van der Waals surface area contributed by atoms with E-state index in [1.54, 1.807) is 51.1 Å². The van der Waals surface area contributed by atoms with Gasteiger partial charge in [0, 0.05) is 25.9 Å². The van der Waals surface area contributed by atoms with E-state index in [-0.39, 0.29) is 35.7 Å². The molecule has 5 rings (SSSR count). The lowest BCUT2D eigenvalue weighted by atomic mass is 9.83. The van der Waals surface area contributed by atoms with E-state index in [2.05, 4.69) is 5.32 Å². The van der Waals surface area contributed by atoms with Gasteiger partial charge in [0.05, 0.1) is 25.3 Å². The number of anilines is 1. The highest BCUT2D eigenvalue weighted by atomic mass is 35.5. The van der Waals surface area contributed by atoms with Crippen LogP contribution in [0.1, 0.15) is 52.5 Å². The maximum Gasteiger partial charge on any atom is 0.409 e. The van der Waals surface area contributed by atoms with Gasteiger partial charge in [0.1, 0.15) is 65.7 Å². The van der Waals surface area contributed by atoms with Crippen LogP contribution in [0.2, 0.25) is 5.02 Å². The summed E-state index contributed by atoms with van der Waals surface area (Å²) in [7, 11) is 2.75. The molecular weight excluding hydrogens is 762 g/mol. The molecule has 12 atom stereocenters. The van der Waals surface area contributed by atoms with Crippen LogP contribution in [0.5, 0.6) is 5.75 Å². The van der Waals surface area contributed by atoms with Crippen LogP contribution in [0.3, 0.4) is 0 Å². The van der Waals surface area contributed by atoms with Gasteiger partial charge in [0.2, 0.25) is 5.91 Å². The Morgan fingerprint density at radius 3 is 2.50 bits per heavy atom. The number of halogens is 1. The lowest BCUT2D eigenvalue weighted by Crippen LogP contribution is -2.65. The molecule has 310 valence electrons.